The molecule has 23 nitrogen and oxygen atoms in total. The van der Waals surface area contributed by atoms with Crippen molar-refractivity contribution in [2.75, 3.05) is 26.4 Å². The van der Waals surface area contributed by atoms with Gasteiger partial charge in [0.2, 0.25) is 0 Å². The second kappa shape index (κ2) is 22.9. The molecule has 0 spiro atoms. The molecule has 0 bridgehead atoms. The molecule has 4 saturated heterocycles. The first-order valence-corrected chi connectivity index (χ1v) is 27.5. The molecule has 8 aliphatic rings. The number of ether oxygens (including phenoxy) is 8. The summed E-state index contributed by atoms with van der Waals surface area (Å²) >= 11 is 0. The number of aliphatic hydroxyl groups excluding tert-OH is 14. The van der Waals surface area contributed by atoms with Crippen LogP contribution in [0.3, 0.4) is 0 Å². The number of allylic oxidation sites excluding steroid dienone is 1. The zero-order valence-corrected chi connectivity index (χ0v) is 45.0. The van der Waals surface area contributed by atoms with Crippen LogP contribution in [0.15, 0.2) is 11.6 Å². The average Bonchev–Trinajstić information content (AvgIpc) is 3.88. The maximum absolute atomic E-state index is 12.6. The van der Waals surface area contributed by atoms with Gasteiger partial charge in [0.25, 0.3) is 0 Å². The summed E-state index contributed by atoms with van der Waals surface area (Å²) in [7, 11) is 0. The van der Waals surface area contributed by atoms with Crippen LogP contribution in [0, 0.1) is 45.3 Å². The number of aliphatic hydroxyl groups is 15. The molecule has 4 unspecified atom stereocenters. The van der Waals surface area contributed by atoms with Gasteiger partial charge >= 0.3 is 0 Å². The van der Waals surface area contributed by atoms with Gasteiger partial charge < -0.3 is 114 Å². The summed E-state index contributed by atoms with van der Waals surface area (Å²) in [4.78, 5) is 0. The predicted molar refractivity (Wildman–Crippen MR) is 262 cm³/mol. The topological polar surface area (TPSA) is 377 Å². The van der Waals surface area contributed by atoms with E-state index in [1.165, 1.54) is 5.57 Å². The number of fused-ring (bicyclic) bond motifs is 5. The number of rotatable bonds is 16. The van der Waals surface area contributed by atoms with Crippen LogP contribution in [-0.4, -0.2) is 244 Å². The van der Waals surface area contributed by atoms with Crippen LogP contribution in [-0.2, 0) is 37.9 Å². The van der Waals surface area contributed by atoms with Crippen molar-refractivity contribution in [1.29, 1.82) is 0 Å². The molecule has 76 heavy (non-hydrogen) atoms. The van der Waals surface area contributed by atoms with E-state index >= 15 is 0 Å². The highest BCUT2D eigenvalue weighted by Gasteiger charge is 2.70. The van der Waals surface area contributed by atoms with Gasteiger partial charge in [-0.25, -0.2) is 0 Å². The van der Waals surface area contributed by atoms with Crippen molar-refractivity contribution < 1.29 is 114 Å². The van der Waals surface area contributed by atoms with Crippen LogP contribution in [0.1, 0.15) is 107 Å². The first-order valence-electron chi connectivity index (χ1n) is 27.5. The Kier molecular flexibility index (Phi) is 18.3. The highest BCUT2D eigenvalue weighted by Crippen LogP contribution is 2.75. The maximum Gasteiger partial charge on any atom is 0.187 e. The fraction of sp³-hybridized carbons (Fsp3) is 0.962. The summed E-state index contributed by atoms with van der Waals surface area (Å²) in [5, 5.41) is 161. The van der Waals surface area contributed by atoms with Crippen LogP contribution in [0.4, 0.5) is 0 Å². The van der Waals surface area contributed by atoms with E-state index in [0.29, 0.717) is 32.1 Å². The smallest absolute Gasteiger partial charge is 0.187 e. The Labute approximate surface area is 444 Å². The summed E-state index contributed by atoms with van der Waals surface area (Å²) in [6.45, 7) is 13.9. The predicted octanol–water partition coefficient (Wildman–Crippen LogP) is -2.59. The van der Waals surface area contributed by atoms with E-state index in [0.717, 1.165) is 19.3 Å². The van der Waals surface area contributed by atoms with Crippen molar-refractivity contribution in [1.82, 2.24) is 0 Å². The molecule has 15 N–H and O–H groups in total. The Morgan fingerprint density at radius 3 is 1.72 bits per heavy atom. The van der Waals surface area contributed by atoms with Gasteiger partial charge in [-0.2, -0.15) is 0 Å². The summed E-state index contributed by atoms with van der Waals surface area (Å²) in [5.41, 5.74) is -1.78. The third-order valence-corrected chi connectivity index (χ3v) is 20.4. The van der Waals surface area contributed by atoms with E-state index in [2.05, 4.69) is 47.6 Å². The van der Waals surface area contributed by atoms with Gasteiger partial charge in [-0.05, 0) is 99.7 Å². The molecule has 29 atom stereocenters. The van der Waals surface area contributed by atoms with Gasteiger partial charge in [0.1, 0.15) is 91.6 Å². The minimum Gasteiger partial charge on any atom is -0.394 e. The lowest BCUT2D eigenvalue weighted by molar-refractivity contribution is -0.383. The van der Waals surface area contributed by atoms with Crippen molar-refractivity contribution in [2.24, 2.45) is 45.3 Å². The SMILES string of the molecule is C[C@H](CC[C@@H](O[C@@H]1OC[C@@H](O)[C@H](O)[C@H]1O[C@H]1OC(CO)[C@H](O[C@H]2O[C@@H](CO)[C@H](O)[C@@H](O)[C@@H]2O)[C@@H](O)[C@@H]1O)C(C)(C)O)C1CC[C@@]2(C)C3CC=C4C(CC[C@H](O[C@@H]5O[C@H](CO)[C@@H](O)[C@H](O)[C@H]5O)C4(C)C)[C@]3(C)[C@H](O)C[C@]12C. The summed E-state index contributed by atoms with van der Waals surface area (Å²) in [5.74, 6) is 0.419. The first kappa shape index (κ1) is 60.9. The molecule has 4 aliphatic heterocycles. The Bertz CT molecular complexity index is 1970. The normalized spacial score (nSPS) is 51.5. The van der Waals surface area contributed by atoms with Crippen molar-refractivity contribution in [2.45, 2.75) is 247 Å². The monoisotopic (exact) mass is 1090 g/mol. The van der Waals surface area contributed by atoms with E-state index in [-0.39, 0.29) is 34.5 Å². The molecular weight excluding hydrogens is 1000 g/mol. The molecule has 4 aliphatic carbocycles. The fourth-order valence-electron chi connectivity index (χ4n) is 15.4. The average molecular weight is 1100 g/mol. The molecule has 8 rings (SSSR count). The van der Waals surface area contributed by atoms with Gasteiger partial charge in [0.05, 0.1) is 50.3 Å². The van der Waals surface area contributed by atoms with Crippen molar-refractivity contribution in [3.8, 4) is 0 Å². The zero-order chi connectivity index (χ0) is 55.9. The molecular formula is C53H90O23. The minimum absolute atomic E-state index is 0.0352. The molecule has 7 fully saturated rings. The van der Waals surface area contributed by atoms with Crippen molar-refractivity contribution >= 4 is 0 Å². The van der Waals surface area contributed by atoms with Gasteiger partial charge in [-0.1, -0.05) is 53.2 Å². The Hall–Kier alpha value is -1.18. The summed E-state index contributed by atoms with van der Waals surface area (Å²) in [6, 6.07) is 0. The third kappa shape index (κ3) is 10.5. The quantitative estimate of drug-likeness (QED) is 0.0705. The lowest BCUT2D eigenvalue weighted by Crippen LogP contribution is -2.66. The second-order valence-electron chi connectivity index (χ2n) is 25.4. The maximum atomic E-state index is 12.6. The standard InChI is InChI=1S/C53H90O23/c1-22(23-15-16-51(6)30-12-10-24-25(53(30,8)31(58)17-52(23,51)7)11-14-32(49(24,2)3)73-45-40(65)37(62)35(60)27(18-54)70-45)9-13-33(50(4,5)68)74-48-44(34(59)26(57)21-69-48)76-47-42(67)39(64)43(29(20-56)72-47)75-46-41(66)38(63)36(61)28(19-55)71-46/h10,22-23,25-48,54-68H,9,11-21H2,1-8H3/t22-,23?,25?,26-,27-,28+,29?,30?,31-,32+,33-,34+,35-,36+,37+,38-,39+,40-,41+,42+,43+,44-,45+,46-,47-,48+,51+,52-,53+/m1/s1. The summed E-state index contributed by atoms with van der Waals surface area (Å²) in [6.07, 6.45) is -24.8. The molecule has 3 saturated carbocycles. The Morgan fingerprint density at radius 1 is 0.618 bits per heavy atom. The third-order valence-electron chi connectivity index (χ3n) is 20.4. The van der Waals surface area contributed by atoms with E-state index < -0.39 is 178 Å². The lowest BCUT2D eigenvalue weighted by atomic mass is 9.38. The number of hydrogen-bond donors (Lipinski definition) is 15. The van der Waals surface area contributed by atoms with Crippen LogP contribution in [0.2, 0.25) is 0 Å². The summed E-state index contributed by atoms with van der Waals surface area (Å²) < 4.78 is 47.5. The van der Waals surface area contributed by atoms with Gasteiger partial charge in [-0.3, -0.25) is 0 Å². The highest BCUT2D eigenvalue weighted by atomic mass is 16.8. The molecule has 0 amide bonds. The molecule has 0 aromatic rings. The molecule has 0 aromatic carbocycles. The minimum atomic E-state index is -1.97. The van der Waals surface area contributed by atoms with Crippen molar-refractivity contribution in [3.63, 3.8) is 0 Å². The number of hydrogen-bond acceptors (Lipinski definition) is 23. The van der Waals surface area contributed by atoms with Crippen LogP contribution >= 0.6 is 0 Å². The molecule has 0 aromatic heterocycles. The first-order chi connectivity index (χ1) is 35.5. The van der Waals surface area contributed by atoms with E-state index in [1.807, 2.05) is 0 Å². The largest absolute Gasteiger partial charge is 0.394 e. The van der Waals surface area contributed by atoms with E-state index in [1.54, 1.807) is 13.8 Å². The lowest BCUT2D eigenvalue weighted by Gasteiger charge is -2.67. The zero-order valence-electron chi connectivity index (χ0n) is 45.0. The van der Waals surface area contributed by atoms with Crippen LogP contribution in [0.5, 0.6) is 0 Å². The second-order valence-corrected chi connectivity index (χ2v) is 25.4. The molecule has 4 heterocycles. The van der Waals surface area contributed by atoms with E-state index in [9.17, 15) is 76.6 Å². The van der Waals surface area contributed by atoms with E-state index in [4.69, 9.17) is 37.9 Å². The molecule has 0 radical (unpaired) electrons. The van der Waals surface area contributed by atoms with Crippen LogP contribution in [0.25, 0.3) is 0 Å². The molecule has 440 valence electrons. The Morgan fingerprint density at radius 2 is 1.16 bits per heavy atom. The highest BCUT2D eigenvalue weighted by molar-refractivity contribution is 5.32. The van der Waals surface area contributed by atoms with Crippen LogP contribution < -0.4 is 0 Å². The molecule has 23 heteroatoms. The Balaban J connectivity index is 0.931. The fourth-order valence-corrected chi connectivity index (χ4v) is 15.4. The van der Waals surface area contributed by atoms with Gasteiger partial charge in [0, 0.05) is 10.8 Å². The van der Waals surface area contributed by atoms with Gasteiger partial charge in [-0.15, -0.1) is 0 Å². The van der Waals surface area contributed by atoms with Crippen molar-refractivity contribution in [3.05, 3.63) is 11.6 Å². The van der Waals surface area contributed by atoms with Gasteiger partial charge in [0.15, 0.2) is 25.2 Å².